The number of methoxy groups -OCH3 is 1. The summed E-state index contributed by atoms with van der Waals surface area (Å²) in [4.78, 5) is 4.34. The molecule has 6 nitrogen and oxygen atoms in total. The lowest BCUT2D eigenvalue weighted by Crippen LogP contribution is -2.53. The average molecular weight is 297 g/mol. The van der Waals surface area contributed by atoms with E-state index < -0.39 is 0 Å². The van der Waals surface area contributed by atoms with Gasteiger partial charge in [0.15, 0.2) is 5.96 Å². The molecule has 0 amide bonds. The molecule has 0 aromatic carbocycles. The lowest BCUT2D eigenvalue weighted by molar-refractivity contribution is -0.0855. The van der Waals surface area contributed by atoms with E-state index in [0.717, 1.165) is 45.0 Å². The number of nitrogens with zero attached hydrogens (tertiary/aromatic N) is 1. The largest absolute Gasteiger partial charge is 0.381 e. The predicted octanol–water partition coefficient (Wildman–Crippen LogP) is 0.667. The number of hydrogen-bond donors (Lipinski definition) is 2. The molecular formula is C15H27N3O3. The van der Waals surface area contributed by atoms with Gasteiger partial charge in [-0.1, -0.05) is 0 Å². The van der Waals surface area contributed by atoms with E-state index in [0.29, 0.717) is 18.2 Å². The minimum absolute atomic E-state index is 0.138. The molecular weight excluding hydrogens is 270 g/mol. The monoisotopic (exact) mass is 297 g/mol. The fourth-order valence-corrected chi connectivity index (χ4v) is 3.60. The summed E-state index contributed by atoms with van der Waals surface area (Å²) in [5.74, 6) is 0.846. The molecule has 0 aliphatic carbocycles. The number of ether oxygens (including phenoxy) is 3. The van der Waals surface area contributed by atoms with Gasteiger partial charge < -0.3 is 24.8 Å². The van der Waals surface area contributed by atoms with Gasteiger partial charge in [0.1, 0.15) is 0 Å². The molecule has 3 fully saturated rings. The fourth-order valence-electron chi connectivity index (χ4n) is 3.60. The van der Waals surface area contributed by atoms with Crippen LogP contribution in [0.3, 0.4) is 0 Å². The van der Waals surface area contributed by atoms with E-state index in [1.165, 1.54) is 12.8 Å². The van der Waals surface area contributed by atoms with Gasteiger partial charge in [-0.15, -0.1) is 0 Å². The molecule has 2 N–H and O–H groups in total. The number of guanidine groups is 1. The van der Waals surface area contributed by atoms with Gasteiger partial charge in [0.2, 0.25) is 0 Å². The van der Waals surface area contributed by atoms with Gasteiger partial charge in [-0.25, -0.2) is 0 Å². The summed E-state index contributed by atoms with van der Waals surface area (Å²) < 4.78 is 17.1. The van der Waals surface area contributed by atoms with Crippen molar-refractivity contribution in [1.82, 2.24) is 10.6 Å². The second kappa shape index (κ2) is 6.50. The normalized spacial score (nSPS) is 35.0. The van der Waals surface area contributed by atoms with Gasteiger partial charge in [-0.3, -0.25) is 4.99 Å². The van der Waals surface area contributed by atoms with Crippen LogP contribution in [0.25, 0.3) is 0 Å². The Morgan fingerprint density at radius 2 is 2.14 bits per heavy atom. The van der Waals surface area contributed by atoms with Crippen molar-refractivity contribution in [3.63, 3.8) is 0 Å². The topological polar surface area (TPSA) is 64.1 Å². The summed E-state index contributed by atoms with van der Waals surface area (Å²) in [6, 6.07) is 0.392. The number of rotatable bonds is 4. The summed E-state index contributed by atoms with van der Waals surface area (Å²) in [5, 5.41) is 6.93. The van der Waals surface area contributed by atoms with Crippen LogP contribution in [-0.4, -0.2) is 63.7 Å². The molecule has 3 rings (SSSR count). The maximum atomic E-state index is 5.88. The van der Waals surface area contributed by atoms with Crippen LogP contribution in [0.15, 0.2) is 4.99 Å². The summed E-state index contributed by atoms with van der Waals surface area (Å²) >= 11 is 0. The van der Waals surface area contributed by atoms with Crippen molar-refractivity contribution in [1.29, 1.82) is 0 Å². The number of nitrogens with one attached hydrogen (secondary N) is 2. The Morgan fingerprint density at radius 3 is 2.71 bits per heavy atom. The van der Waals surface area contributed by atoms with E-state index >= 15 is 0 Å². The zero-order chi connectivity index (χ0) is 14.7. The number of aliphatic imine (C=N–C) groups is 1. The van der Waals surface area contributed by atoms with Crippen molar-refractivity contribution >= 4 is 5.96 Å². The third kappa shape index (κ3) is 3.33. The first kappa shape index (κ1) is 15.1. The molecule has 3 heterocycles. The zero-order valence-electron chi connectivity index (χ0n) is 13.1. The molecule has 6 heteroatoms. The SMILES string of the molecule is CN=C(NCC1(OC)CCOCC1)NC1CC2CCC1O2. The predicted molar refractivity (Wildman–Crippen MR) is 80.6 cm³/mol. The maximum absolute atomic E-state index is 5.88. The third-order valence-corrected chi connectivity index (χ3v) is 5.07. The molecule has 120 valence electrons. The first-order valence-corrected chi connectivity index (χ1v) is 8.00. The molecule has 0 saturated carbocycles. The smallest absolute Gasteiger partial charge is 0.191 e. The Balaban J connectivity index is 1.50. The summed E-state index contributed by atoms with van der Waals surface area (Å²) in [6.45, 7) is 2.29. The Bertz CT molecular complexity index is 382. The Hall–Kier alpha value is -0.850. The molecule has 3 saturated heterocycles. The van der Waals surface area contributed by atoms with Gasteiger partial charge >= 0.3 is 0 Å². The Kier molecular flexibility index (Phi) is 4.66. The first-order valence-electron chi connectivity index (χ1n) is 8.00. The fraction of sp³-hybridized carbons (Fsp3) is 0.933. The van der Waals surface area contributed by atoms with Crippen molar-refractivity contribution in [3.8, 4) is 0 Å². The molecule has 0 radical (unpaired) electrons. The standard InChI is InChI=1S/C15H27N3O3/c1-16-14(18-12-9-11-3-4-13(12)21-11)17-10-15(19-2)5-7-20-8-6-15/h11-13H,3-10H2,1-2H3,(H2,16,17,18). The molecule has 2 bridgehead atoms. The maximum Gasteiger partial charge on any atom is 0.191 e. The number of fused-ring (bicyclic) bond motifs is 2. The van der Waals surface area contributed by atoms with E-state index in [9.17, 15) is 0 Å². The lowest BCUT2D eigenvalue weighted by Gasteiger charge is -2.36. The van der Waals surface area contributed by atoms with Crippen LogP contribution in [0.1, 0.15) is 32.1 Å². The highest BCUT2D eigenvalue weighted by atomic mass is 16.5. The van der Waals surface area contributed by atoms with E-state index in [4.69, 9.17) is 14.2 Å². The lowest BCUT2D eigenvalue weighted by atomic mass is 9.94. The molecule has 3 atom stereocenters. The quantitative estimate of drug-likeness (QED) is 0.590. The van der Waals surface area contributed by atoms with Crippen LogP contribution < -0.4 is 10.6 Å². The van der Waals surface area contributed by atoms with Gasteiger partial charge in [-0.2, -0.15) is 0 Å². The second-order valence-electron chi connectivity index (χ2n) is 6.29. The Morgan fingerprint density at radius 1 is 1.33 bits per heavy atom. The van der Waals surface area contributed by atoms with E-state index in [-0.39, 0.29) is 5.60 Å². The highest BCUT2D eigenvalue weighted by Gasteiger charge is 2.41. The van der Waals surface area contributed by atoms with E-state index in [2.05, 4.69) is 15.6 Å². The van der Waals surface area contributed by atoms with Crippen molar-refractivity contribution in [2.75, 3.05) is 33.9 Å². The van der Waals surface area contributed by atoms with Crippen LogP contribution in [-0.2, 0) is 14.2 Å². The summed E-state index contributed by atoms with van der Waals surface area (Å²) in [7, 11) is 3.60. The molecule has 0 aromatic heterocycles. The summed E-state index contributed by atoms with van der Waals surface area (Å²) in [5.41, 5.74) is -0.138. The van der Waals surface area contributed by atoms with Crippen molar-refractivity contribution in [2.24, 2.45) is 4.99 Å². The van der Waals surface area contributed by atoms with Crippen LogP contribution in [0.2, 0.25) is 0 Å². The van der Waals surface area contributed by atoms with Gasteiger partial charge in [0.25, 0.3) is 0 Å². The van der Waals surface area contributed by atoms with Crippen LogP contribution in [0.4, 0.5) is 0 Å². The molecule has 3 aliphatic rings. The minimum Gasteiger partial charge on any atom is -0.381 e. The van der Waals surface area contributed by atoms with E-state index in [1.807, 2.05) is 7.05 Å². The zero-order valence-corrected chi connectivity index (χ0v) is 13.1. The van der Waals surface area contributed by atoms with Crippen LogP contribution in [0, 0.1) is 0 Å². The van der Waals surface area contributed by atoms with E-state index in [1.54, 1.807) is 7.11 Å². The third-order valence-electron chi connectivity index (χ3n) is 5.07. The van der Waals surface area contributed by atoms with Gasteiger partial charge in [-0.05, 0) is 19.3 Å². The molecule has 3 unspecified atom stereocenters. The highest BCUT2D eigenvalue weighted by molar-refractivity contribution is 5.80. The minimum atomic E-state index is -0.138. The highest BCUT2D eigenvalue weighted by Crippen LogP contribution is 2.34. The van der Waals surface area contributed by atoms with Gasteiger partial charge in [0, 0.05) is 46.8 Å². The van der Waals surface area contributed by atoms with Gasteiger partial charge in [0.05, 0.1) is 23.9 Å². The average Bonchev–Trinajstić information content (AvgIpc) is 3.15. The molecule has 0 spiro atoms. The first-order chi connectivity index (χ1) is 10.2. The summed E-state index contributed by atoms with van der Waals surface area (Å²) in [6.07, 6.45) is 6.11. The van der Waals surface area contributed by atoms with Crippen LogP contribution >= 0.6 is 0 Å². The Labute approximate surface area is 126 Å². The molecule has 21 heavy (non-hydrogen) atoms. The van der Waals surface area contributed by atoms with Crippen molar-refractivity contribution < 1.29 is 14.2 Å². The van der Waals surface area contributed by atoms with Crippen molar-refractivity contribution in [2.45, 2.75) is 56.0 Å². The van der Waals surface area contributed by atoms with Crippen LogP contribution in [0.5, 0.6) is 0 Å². The number of hydrogen-bond acceptors (Lipinski definition) is 4. The van der Waals surface area contributed by atoms with Crippen molar-refractivity contribution in [3.05, 3.63) is 0 Å². The second-order valence-corrected chi connectivity index (χ2v) is 6.29. The molecule has 0 aromatic rings. The molecule has 3 aliphatic heterocycles.